The van der Waals surface area contributed by atoms with Gasteiger partial charge in [0.05, 0.1) is 0 Å². The summed E-state index contributed by atoms with van der Waals surface area (Å²) in [4.78, 5) is 0. The molecule has 96 valence electrons. The molecule has 0 heterocycles. The second-order valence-electron chi connectivity index (χ2n) is 2.86. The molecule has 2 nitrogen and oxygen atoms in total. The maximum Gasteiger partial charge on any atom is 0.522 e. The number of halogens is 7. The van der Waals surface area contributed by atoms with E-state index in [2.05, 4.69) is 16.1 Å². The summed E-state index contributed by atoms with van der Waals surface area (Å²) >= 11 is 0. The van der Waals surface area contributed by atoms with E-state index < -0.39 is 30.8 Å². The van der Waals surface area contributed by atoms with Gasteiger partial charge in [0, 0.05) is 0 Å². The number of alkyl halides is 6. The number of hydrogen-bond donors (Lipinski definition) is 0. The first-order valence-corrected chi connectivity index (χ1v) is 3.68. The van der Waals surface area contributed by atoms with Crippen molar-refractivity contribution in [2.24, 2.45) is 0 Å². The Balaban J connectivity index is 4.41. The Morgan fingerprint density at radius 2 is 1.56 bits per heavy atom. The summed E-state index contributed by atoms with van der Waals surface area (Å²) in [6.07, 6.45) is -9.93. The molecule has 0 aromatic heterocycles. The zero-order valence-corrected chi connectivity index (χ0v) is 7.88. The van der Waals surface area contributed by atoms with E-state index in [1.54, 1.807) is 0 Å². The van der Waals surface area contributed by atoms with Crippen LogP contribution in [0.2, 0.25) is 0 Å². The van der Waals surface area contributed by atoms with Crippen molar-refractivity contribution in [3.8, 4) is 0 Å². The van der Waals surface area contributed by atoms with Crippen LogP contribution in [0.25, 0.3) is 0 Å². The maximum atomic E-state index is 12.9. The van der Waals surface area contributed by atoms with Crippen LogP contribution in [0.15, 0.2) is 12.4 Å². The van der Waals surface area contributed by atoms with Gasteiger partial charge in [0.1, 0.15) is 6.61 Å². The predicted octanol–water partition coefficient (Wildman–Crippen LogP) is 3.30. The Morgan fingerprint density at radius 1 is 1.12 bits per heavy atom. The van der Waals surface area contributed by atoms with E-state index in [0.29, 0.717) is 0 Å². The zero-order chi connectivity index (χ0) is 13.2. The lowest BCUT2D eigenvalue weighted by atomic mass is 10.4. The molecule has 0 saturated heterocycles. The van der Waals surface area contributed by atoms with Gasteiger partial charge in [0.25, 0.3) is 0 Å². The lowest BCUT2D eigenvalue weighted by Crippen LogP contribution is -2.39. The van der Waals surface area contributed by atoms with Crippen LogP contribution >= 0.6 is 0 Å². The minimum absolute atomic E-state index is 0.232. The standard InChI is InChI=1S/C7H7F7O2/c1-4(8)6(10,11)16-5(2,9)3-15-7(12,13)14/h1,3H2,2H3. The molecule has 9 heteroatoms. The van der Waals surface area contributed by atoms with Crippen LogP contribution in [0.4, 0.5) is 30.7 Å². The van der Waals surface area contributed by atoms with Crippen molar-refractivity contribution in [1.82, 2.24) is 0 Å². The number of ether oxygens (including phenoxy) is 2. The van der Waals surface area contributed by atoms with Crippen molar-refractivity contribution < 1.29 is 40.2 Å². The molecule has 0 saturated carbocycles. The molecular weight excluding hydrogens is 249 g/mol. The van der Waals surface area contributed by atoms with E-state index >= 15 is 0 Å². The molecule has 0 spiro atoms. The maximum absolute atomic E-state index is 12.9. The summed E-state index contributed by atoms with van der Waals surface area (Å²) in [6, 6.07) is 0. The van der Waals surface area contributed by atoms with Crippen molar-refractivity contribution in [1.29, 1.82) is 0 Å². The average Bonchev–Trinajstić information content (AvgIpc) is 1.97. The highest BCUT2D eigenvalue weighted by molar-refractivity contribution is 4.91. The molecule has 0 fully saturated rings. The summed E-state index contributed by atoms with van der Waals surface area (Å²) in [6.45, 7) is 0.518. The fourth-order valence-electron chi connectivity index (χ4n) is 0.563. The Kier molecular flexibility index (Phi) is 4.34. The van der Waals surface area contributed by atoms with Gasteiger partial charge in [-0.15, -0.1) is 13.2 Å². The Hall–Kier alpha value is -0.830. The third-order valence-corrected chi connectivity index (χ3v) is 1.15. The van der Waals surface area contributed by atoms with Crippen molar-refractivity contribution in [2.75, 3.05) is 6.61 Å². The van der Waals surface area contributed by atoms with E-state index in [0.717, 1.165) is 0 Å². The molecule has 0 N–H and O–H groups in total. The lowest BCUT2D eigenvalue weighted by molar-refractivity contribution is -0.375. The molecular formula is C7H7F7O2. The highest BCUT2D eigenvalue weighted by Gasteiger charge is 2.45. The first kappa shape index (κ1) is 15.2. The van der Waals surface area contributed by atoms with E-state index in [4.69, 9.17) is 0 Å². The summed E-state index contributed by atoms with van der Waals surface area (Å²) in [5.41, 5.74) is 0. The van der Waals surface area contributed by atoms with Crippen LogP contribution < -0.4 is 0 Å². The van der Waals surface area contributed by atoms with E-state index in [-0.39, 0.29) is 6.92 Å². The van der Waals surface area contributed by atoms with E-state index in [9.17, 15) is 30.7 Å². The summed E-state index contributed by atoms with van der Waals surface area (Å²) in [5.74, 6) is -5.85. The van der Waals surface area contributed by atoms with Crippen LogP contribution in [-0.4, -0.2) is 24.9 Å². The summed E-state index contributed by atoms with van der Waals surface area (Å²) in [7, 11) is 0. The van der Waals surface area contributed by atoms with Gasteiger partial charge in [-0.3, -0.25) is 9.47 Å². The van der Waals surface area contributed by atoms with Gasteiger partial charge in [-0.25, -0.2) is 8.78 Å². The molecule has 0 aliphatic heterocycles. The Bertz CT molecular complexity index is 258. The monoisotopic (exact) mass is 256 g/mol. The molecule has 1 unspecified atom stereocenters. The van der Waals surface area contributed by atoms with E-state index in [1.807, 2.05) is 0 Å². The molecule has 0 rings (SSSR count). The third-order valence-electron chi connectivity index (χ3n) is 1.15. The first-order valence-electron chi connectivity index (χ1n) is 3.68. The van der Waals surface area contributed by atoms with Gasteiger partial charge >= 0.3 is 12.5 Å². The fraction of sp³-hybridized carbons (Fsp3) is 0.714. The van der Waals surface area contributed by atoms with Gasteiger partial charge in [0.15, 0.2) is 5.83 Å². The van der Waals surface area contributed by atoms with Gasteiger partial charge in [-0.2, -0.15) is 8.78 Å². The van der Waals surface area contributed by atoms with Gasteiger partial charge in [-0.1, -0.05) is 6.58 Å². The lowest BCUT2D eigenvalue weighted by Gasteiger charge is -2.25. The molecule has 0 aliphatic rings. The van der Waals surface area contributed by atoms with Crippen LogP contribution in [0.5, 0.6) is 0 Å². The molecule has 0 aromatic rings. The summed E-state index contributed by atoms with van der Waals surface area (Å²) in [5, 5.41) is 0. The zero-order valence-electron chi connectivity index (χ0n) is 7.88. The predicted molar refractivity (Wildman–Crippen MR) is 37.8 cm³/mol. The average molecular weight is 256 g/mol. The smallest absolute Gasteiger partial charge is 0.286 e. The molecule has 0 amide bonds. The summed E-state index contributed by atoms with van der Waals surface area (Å²) < 4.78 is 90.2. The second kappa shape index (κ2) is 4.58. The topological polar surface area (TPSA) is 18.5 Å². The van der Waals surface area contributed by atoms with Crippen molar-refractivity contribution in [2.45, 2.75) is 25.2 Å². The van der Waals surface area contributed by atoms with Crippen molar-refractivity contribution >= 4 is 0 Å². The van der Waals surface area contributed by atoms with Crippen LogP contribution in [0.3, 0.4) is 0 Å². The molecule has 16 heavy (non-hydrogen) atoms. The van der Waals surface area contributed by atoms with Gasteiger partial charge in [-0.05, 0) is 6.92 Å². The SMILES string of the molecule is C=C(F)C(F)(F)OC(C)(F)COC(F)(F)F. The molecule has 0 radical (unpaired) electrons. The number of rotatable bonds is 5. The minimum Gasteiger partial charge on any atom is -0.286 e. The van der Waals surface area contributed by atoms with Crippen LogP contribution in [0, 0.1) is 0 Å². The highest BCUT2D eigenvalue weighted by Crippen LogP contribution is 2.32. The first-order chi connectivity index (χ1) is 6.86. The van der Waals surface area contributed by atoms with Crippen LogP contribution in [0.1, 0.15) is 6.92 Å². The molecule has 0 aromatic carbocycles. The largest absolute Gasteiger partial charge is 0.522 e. The number of hydrogen-bond acceptors (Lipinski definition) is 2. The second-order valence-corrected chi connectivity index (χ2v) is 2.86. The fourth-order valence-corrected chi connectivity index (χ4v) is 0.563. The van der Waals surface area contributed by atoms with E-state index in [1.165, 1.54) is 0 Å². The van der Waals surface area contributed by atoms with Gasteiger partial charge in [0.2, 0.25) is 5.85 Å². The molecule has 1 atom stereocenters. The van der Waals surface area contributed by atoms with Crippen LogP contribution in [-0.2, 0) is 9.47 Å². The third kappa shape index (κ3) is 5.91. The molecule has 0 bridgehead atoms. The minimum atomic E-state index is -5.21. The quantitative estimate of drug-likeness (QED) is 0.702. The Labute approximate surface area is 85.6 Å². The van der Waals surface area contributed by atoms with Crippen molar-refractivity contribution in [3.05, 3.63) is 12.4 Å². The van der Waals surface area contributed by atoms with Crippen molar-refractivity contribution in [3.63, 3.8) is 0 Å². The normalized spacial score (nSPS) is 17.0. The highest BCUT2D eigenvalue weighted by atomic mass is 19.4. The Morgan fingerprint density at radius 3 is 1.88 bits per heavy atom. The van der Waals surface area contributed by atoms with Gasteiger partial charge < -0.3 is 0 Å². The molecule has 0 aliphatic carbocycles.